The number of hydrogen-bond acceptors (Lipinski definition) is 6. The van der Waals surface area contributed by atoms with Crippen molar-refractivity contribution in [1.29, 1.82) is 0 Å². The SMILES string of the molecule is CCc1ncsc1-c1csc(NCCOC)n1. The van der Waals surface area contributed by atoms with Crippen LogP contribution in [0.25, 0.3) is 10.6 Å². The van der Waals surface area contributed by atoms with E-state index in [4.69, 9.17) is 4.74 Å². The minimum atomic E-state index is 0.690. The van der Waals surface area contributed by atoms with Gasteiger partial charge < -0.3 is 10.1 Å². The van der Waals surface area contributed by atoms with Crippen molar-refractivity contribution >= 4 is 27.8 Å². The van der Waals surface area contributed by atoms with E-state index in [1.165, 1.54) is 4.88 Å². The van der Waals surface area contributed by atoms with Crippen LogP contribution in [0.15, 0.2) is 10.9 Å². The fourth-order valence-electron chi connectivity index (χ4n) is 1.45. The molecule has 0 radical (unpaired) electrons. The second-order valence-electron chi connectivity index (χ2n) is 3.44. The molecule has 0 amide bonds. The van der Waals surface area contributed by atoms with E-state index in [9.17, 15) is 0 Å². The standard InChI is InChI=1S/C11H15N3OS2/c1-3-8-10(17-7-13-8)9-6-16-11(14-9)12-4-5-15-2/h6-7H,3-5H2,1-2H3,(H,12,14). The third-order valence-electron chi connectivity index (χ3n) is 2.30. The molecule has 92 valence electrons. The van der Waals surface area contributed by atoms with E-state index in [-0.39, 0.29) is 0 Å². The Hall–Kier alpha value is -0.980. The number of nitrogens with zero attached hydrogens (tertiary/aromatic N) is 2. The van der Waals surface area contributed by atoms with Gasteiger partial charge in [0.05, 0.1) is 28.4 Å². The van der Waals surface area contributed by atoms with Crippen molar-refractivity contribution < 1.29 is 4.74 Å². The Balaban J connectivity index is 2.07. The van der Waals surface area contributed by atoms with Crippen LogP contribution in [0.2, 0.25) is 0 Å². The largest absolute Gasteiger partial charge is 0.383 e. The normalized spacial score (nSPS) is 10.7. The van der Waals surface area contributed by atoms with Crippen molar-refractivity contribution in [2.75, 3.05) is 25.6 Å². The molecule has 17 heavy (non-hydrogen) atoms. The van der Waals surface area contributed by atoms with Crippen molar-refractivity contribution in [2.24, 2.45) is 0 Å². The highest BCUT2D eigenvalue weighted by atomic mass is 32.1. The van der Waals surface area contributed by atoms with Crippen LogP contribution in [0, 0.1) is 0 Å². The fraction of sp³-hybridized carbons (Fsp3) is 0.455. The van der Waals surface area contributed by atoms with E-state index < -0.39 is 0 Å². The Kier molecular flexibility index (Phi) is 4.47. The van der Waals surface area contributed by atoms with E-state index in [1.807, 2.05) is 5.51 Å². The molecular weight excluding hydrogens is 254 g/mol. The molecule has 2 heterocycles. The Morgan fingerprint density at radius 2 is 2.29 bits per heavy atom. The third-order valence-corrected chi connectivity index (χ3v) is 3.99. The summed E-state index contributed by atoms with van der Waals surface area (Å²) in [6.07, 6.45) is 0.947. The topological polar surface area (TPSA) is 47.0 Å². The van der Waals surface area contributed by atoms with Gasteiger partial charge in [0, 0.05) is 19.0 Å². The first-order valence-corrected chi connectivity index (χ1v) is 7.22. The first-order valence-electron chi connectivity index (χ1n) is 5.46. The summed E-state index contributed by atoms with van der Waals surface area (Å²) in [6.45, 7) is 3.59. The monoisotopic (exact) mass is 269 g/mol. The van der Waals surface area contributed by atoms with Gasteiger partial charge in [-0.1, -0.05) is 6.92 Å². The molecule has 0 spiro atoms. The molecule has 0 aliphatic carbocycles. The van der Waals surface area contributed by atoms with Crippen molar-refractivity contribution in [2.45, 2.75) is 13.3 Å². The number of hydrogen-bond donors (Lipinski definition) is 1. The summed E-state index contributed by atoms with van der Waals surface area (Å²) >= 11 is 3.27. The van der Waals surface area contributed by atoms with Crippen LogP contribution >= 0.6 is 22.7 Å². The highest BCUT2D eigenvalue weighted by Crippen LogP contribution is 2.30. The number of ether oxygens (including phenoxy) is 1. The Bertz CT molecular complexity index is 467. The number of thiazole rings is 2. The lowest BCUT2D eigenvalue weighted by Gasteiger charge is -2.00. The maximum atomic E-state index is 4.99. The zero-order valence-corrected chi connectivity index (χ0v) is 11.5. The van der Waals surface area contributed by atoms with Crippen LogP contribution in [0.1, 0.15) is 12.6 Å². The number of nitrogens with one attached hydrogen (secondary N) is 1. The number of aryl methyl sites for hydroxylation is 1. The van der Waals surface area contributed by atoms with Crippen LogP contribution in [0.4, 0.5) is 5.13 Å². The molecule has 2 aromatic heterocycles. The number of methoxy groups -OCH3 is 1. The summed E-state index contributed by atoms with van der Waals surface area (Å²) in [7, 11) is 1.69. The lowest BCUT2D eigenvalue weighted by Crippen LogP contribution is -2.07. The molecular formula is C11H15N3OS2. The molecule has 0 atom stereocenters. The van der Waals surface area contributed by atoms with Crippen LogP contribution in [0.3, 0.4) is 0 Å². The molecule has 0 fully saturated rings. The summed E-state index contributed by atoms with van der Waals surface area (Å²) in [4.78, 5) is 10.1. The highest BCUT2D eigenvalue weighted by molar-refractivity contribution is 7.15. The smallest absolute Gasteiger partial charge is 0.183 e. The Labute approximate surface area is 109 Å². The van der Waals surface area contributed by atoms with E-state index in [1.54, 1.807) is 29.8 Å². The van der Waals surface area contributed by atoms with Gasteiger partial charge in [-0.15, -0.1) is 22.7 Å². The lowest BCUT2D eigenvalue weighted by atomic mass is 10.2. The second-order valence-corrected chi connectivity index (χ2v) is 5.15. The summed E-state index contributed by atoms with van der Waals surface area (Å²) in [5, 5.41) is 6.24. The maximum Gasteiger partial charge on any atom is 0.183 e. The average Bonchev–Trinajstić information content (AvgIpc) is 2.96. The molecule has 0 bridgehead atoms. The summed E-state index contributed by atoms with van der Waals surface area (Å²) in [5.74, 6) is 0. The predicted octanol–water partition coefficient (Wildman–Crippen LogP) is 2.89. The Morgan fingerprint density at radius 1 is 1.41 bits per heavy atom. The zero-order valence-electron chi connectivity index (χ0n) is 9.90. The molecule has 4 nitrogen and oxygen atoms in total. The minimum Gasteiger partial charge on any atom is -0.383 e. The quantitative estimate of drug-likeness (QED) is 0.819. The summed E-state index contributed by atoms with van der Waals surface area (Å²) in [5.41, 5.74) is 4.03. The summed E-state index contributed by atoms with van der Waals surface area (Å²) < 4.78 is 4.99. The van der Waals surface area contributed by atoms with Crippen molar-refractivity contribution in [3.05, 3.63) is 16.6 Å². The molecule has 0 saturated heterocycles. The fourth-order valence-corrected chi connectivity index (χ4v) is 3.10. The van der Waals surface area contributed by atoms with Gasteiger partial charge in [-0.25, -0.2) is 9.97 Å². The van der Waals surface area contributed by atoms with Gasteiger partial charge in [0.25, 0.3) is 0 Å². The predicted molar refractivity (Wildman–Crippen MR) is 73.0 cm³/mol. The second kappa shape index (κ2) is 6.09. The van der Waals surface area contributed by atoms with E-state index in [2.05, 4.69) is 27.6 Å². The first kappa shape index (κ1) is 12.5. The Morgan fingerprint density at radius 3 is 3.06 bits per heavy atom. The number of rotatable bonds is 6. The third kappa shape index (κ3) is 3.02. The van der Waals surface area contributed by atoms with E-state index >= 15 is 0 Å². The molecule has 0 aromatic carbocycles. The van der Waals surface area contributed by atoms with Gasteiger partial charge in [-0.2, -0.15) is 0 Å². The van der Waals surface area contributed by atoms with Crippen LogP contribution in [0.5, 0.6) is 0 Å². The molecule has 2 rings (SSSR count). The van der Waals surface area contributed by atoms with Gasteiger partial charge in [0.15, 0.2) is 5.13 Å². The molecule has 0 unspecified atom stereocenters. The minimum absolute atomic E-state index is 0.690. The first-order chi connectivity index (χ1) is 8.35. The van der Waals surface area contributed by atoms with Gasteiger partial charge >= 0.3 is 0 Å². The van der Waals surface area contributed by atoms with Crippen LogP contribution in [-0.4, -0.2) is 30.2 Å². The molecule has 0 saturated carbocycles. The summed E-state index contributed by atoms with van der Waals surface area (Å²) in [6, 6.07) is 0. The lowest BCUT2D eigenvalue weighted by molar-refractivity contribution is 0.211. The molecule has 2 aromatic rings. The van der Waals surface area contributed by atoms with Crippen molar-refractivity contribution in [3.8, 4) is 10.6 Å². The van der Waals surface area contributed by atoms with Gasteiger partial charge in [-0.05, 0) is 6.42 Å². The van der Waals surface area contributed by atoms with Crippen LogP contribution < -0.4 is 5.32 Å². The molecule has 6 heteroatoms. The van der Waals surface area contributed by atoms with E-state index in [0.29, 0.717) is 6.61 Å². The van der Waals surface area contributed by atoms with Gasteiger partial charge in [-0.3, -0.25) is 0 Å². The van der Waals surface area contributed by atoms with Gasteiger partial charge in [0.1, 0.15) is 0 Å². The molecule has 1 N–H and O–H groups in total. The van der Waals surface area contributed by atoms with Crippen molar-refractivity contribution in [1.82, 2.24) is 9.97 Å². The number of anilines is 1. The molecule has 0 aliphatic rings. The van der Waals surface area contributed by atoms with E-state index in [0.717, 1.165) is 29.5 Å². The number of aromatic nitrogens is 2. The average molecular weight is 269 g/mol. The molecule has 0 aliphatic heterocycles. The van der Waals surface area contributed by atoms with Crippen LogP contribution in [-0.2, 0) is 11.2 Å². The van der Waals surface area contributed by atoms with Crippen molar-refractivity contribution in [3.63, 3.8) is 0 Å². The van der Waals surface area contributed by atoms with Gasteiger partial charge in [0.2, 0.25) is 0 Å². The maximum absolute atomic E-state index is 4.99. The zero-order chi connectivity index (χ0) is 12.1. The highest BCUT2D eigenvalue weighted by Gasteiger charge is 2.10.